The fraction of sp³-hybridized carbons (Fsp3) is 0.310. The van der Waals surface area contributed by atoms with Crippen molar-refractivity contribution in [2.75, 3.05) is 25.1 Å². The Kier molecular flexibility index (Phi) is 10.6. The summed E-state index contributed by atoms with van der Waals surface area (Å²) >= 11 is 3.44. The molecule has 0 aliphatic carbocycles. The number of anilines is 1. The molecule has 40 heavy (non-hydrogen) atoms. The lowest BCUT2D eigenvalue weighted by atomic mass is 10.1. The van der Waals surface area contributed by atoms with E-state index in [4.69, 9.17) is 9.47 Å². The number of amides is 2. The van der Waals surface area contributed by atoms with Gasteiger partial charge in [0.05, 0.1) is 24.8 Å². The monoisotopic (exact) mass is 631 g/mol. The number of hydrogen-bond donors (Lipinski definition) is 1. The SMILES string of the molecule is COc1ccc(OC)c(N(CC(=O)N(Cc2cccc(Br)c2)[C@@H](C)C(=O)NC(C)C)S(=O)(=O)c2ccccc2)c1. The lowest BCUT2D eigenvalue weighted by molar-refractivity contribution is -0.139. The van der Waals surface area contributed by atoms with Crippen LogP contribution in [0, 0.1) is 0 Å². The first-order valence-corrected chi connectivity index (χ1v) is 14.8. The van der Waals surface area contributed by atoms with Gasteiger partial charge in [0.2, 0.25) is 11.8 Å². The molecule has 0 aliphatic heterocycles. The van der Waals surface area contributed by atoms with Gasteiger partial charge in [0.1, 0.15) is 24.1 Å². The van der Waals surface area contributed by atoms with E-state index in [1.54, 1.807) is 37.3 Å². The largest absolute Gasteiger partial charge is 0.497 e. The molecule has 0 radical (unpaired) electrons. The van der Waals surface area contributed by atoms with Crippen molar-refractivity contribution in [2.45, 2.75) is 44.3 Å². The van der Waals surface area contributed by atoms with Gasteiger partial charge in [-0.05, 0) is 62.7 Å². The number of methoxy groups -OCH3 is 2. The van der Waals surface area contributed by atoms with Crippen LogP contribution in [0.1, 0.15) is 26.3 Å². The topological polar surface area (TPSA) is 105 Å². The Bertz CT molecular complexity index is 1430. The summed E-state index contributed by atoms with van der Waals surface area (Å²) in [6.07, 6.45) is 0. The molecule has 0 saturated heterocycles. The molecule has 3 rings (SSSR count). The van der Waals surface area contributed by atoms with Gasteiger partial charge in [0.15, 0.2) is 0 Å². The molecule has 1 N–H and O–H groups in total. The molecule has 0 aliphatic rings. The number of carbonyl (C=O) groups excluding carboxylic acids is 2. The molecular weight excluding hydrogens is 598 g/mol. The minimum atomic E-state index is -4.24. The highest BCUT2D eigenvalue weighted by atomic mass is 79.9. The van der Waals surface area contributed by atoms with E-state index in [0.717, 1.165) is 14.3 Å². The van der Waals surface area contributed by atoms with E-state index in [0.29, 0.717) is 5.75 Å². The zero-order valence-electron chi connectivity index (χ0n) is 23.1. The maximum atomic E-state index is 14.0. The molecule has 3 aromatic carbocycles. The molecule has 1 atom stereocenters. The maximum absolute atomic E-state index is 14.0. The molecule has 0 bridgehead atoms. The van der Waals surface area contributed by atoms with Gasteiger partial charge in [-0.1, -0.05) is 46.3 Å². The fourth-order valence-electron chi connectivity index (χ4n) is 4.04. The molecule has 0 saturated carbocycles. The molecule has 0 aromatic heterocycles. The molecule has 3 aromatic rings. The summed E-state index contributed by atoms with van der Waals surface area (Å²) in [6.45, 7) is 4.77. The molecule has 0 spiro atoms. The highest BCUT2D eigenvalue weighted by Crippen LogP contribution is 2.36. The van der Waals surface area contributed by atoms with Crippen LogP contribution in [0.2, 0.25) is 0 Å². The Morgan fingerprint density at radius 3 is 2.23 bits per heavy atom. The summed E-state index contributed by atoms with van der Waals surface area (Å²) in [5, 5.41) is 2.84. The Balaban J connectivity index is 2.11. The molecule has 11 heteroatoms. The van der Waals surface area contributed by atoms with Crippen molar-refractivity contribution in [3.05, 3.63) is 82.8 Å². The van der Waals surface area contributed by atoms with Gasteiger partial charge in [-0.3, -0.25) is 13.9 Å². The van der Waals surface area contributed by atoms with Crippen molar-refractivity contribution >= 4 is 43.5 Å². The van der Waals surface area contributed by atoms with Gasteiger partial charge in [-0.2, -0.15) is 0 Å². The normalized spacial score (nSPS) is 12.0. The molecule has 9 nitrogen and oxygen atoms in total. The third-order valence-corrected chi connectivity index (χ3v) is 8.37. The number of hydrogen-bond acceptors (Lipinski definition) is 6. The number of carbonyl (C=O) groups is 2. The van der Waals surface area contributed by atoms with Crippen molar-refractivity contribution in [1.29, 1.82) is 0 Å². The van der Waals surface area contributed by atoms with E-state index in [-0.39, 0.29) is 34.8 Å². The first-order chi connectivity index (χ1) is 19.0. The van der Waals surface area contributed by atoms with Crippen molar-refractivity contribution in [1.82, 2.24) is 10.2 Å². The Morgan fingerprint density at radius 1 is 0.925 bits per heavy atom. The second-order valence-corrected chi connectivity index (χ2v) is 12.1. The van der Waals surface area contributed by atoms with Crippen molar-refractivity contribution in [3.8, 4) is 11.5 Å². The molecule has 0 unspecified atom stereocenters. The maximum Gasteiger partial charge on any atom is 0.264 e. The first-order valence-electron chi connectivity index (χ1n) is 12.6. The second-order valence-electron chi connectivity index (χ2n) is 9.35. The Morgan fingerprint density at radius 2 is 1.62 bits per heavy atom. The van der Waals surface area contributed by atoms with Crippen LogP contribution in [0.25, 0.3) is 0 Å². The number of nitrogens with zero attached hydrogens (tertiary/aromatic N) is 2. The fourth-order valence-corrected chi connectivity index (χ4v) is 5.93. The van der Waals surface area contributed by atoms with Crippen LogP contribution >= 0.6 is 15.9 Å². The van der Waals surface area contributed by atoms with Gasteiger partial charge >= 0.3 is 0 Å². The molecular formula is C29H34BrN3O6S. The van der Waals surface area contributed by atoms with Crippen molar-refractivity contribution in [3.63, 3.8) is 0 Å². The summed E-state index contributed by atoms with van der Waals surface area (Å²) < 4.78 is 40.6. The first kappa shape index (κ1) is 31.0. The summed E-state index contributed by atoms with van der Waals surface area (Å²) in [6, 6.07) is 18.9. The van der Waals surface area contributed by atoms with Crippen LogP contribution in [0.5, 0.6) is 11.5 Å². The zero-order chi connectivity index (χ0) is 29.4. The van der Waals surface area contributed by atoms with Crippen LogP contribution in [0.15, 0.2) is 82.2 Å². The molecule has 2 amide bonds. The number of nitrogens with one attached hydrogen (secondary N) is 1. The quantitative estimate of drug-likeness (QED) is 0.313. The van der Waals surface area contributed by atoms with Gasteiger partial charge in [-0.25, -0.2) is 8.42 Å². The average molecular weight is 633 g/mol. The van der Waals surface area contributed by atoms with E-state index in [2.05, 4.69) is 21.2 Å². The predicted molar refractivity (Wildman–Crippen MR) is 158 cm³/mol. The number of sulfonamides is 1. The van der Waals surface area contributed by atoms with Crippen LogP contribution in [-0.2, 0) is 26.2 Å². The van der Waals surface area contributed by atoms with E-state index in [9.17, 15) is 18.0 Å². The average Bonchev–Trinajstić information content (AvgIpc) is 2.93. The third kappa shape index (κ3) is 7.54. The summed E-state index contributed by atoms with van der Waals surface area (Å²) in [4.78, 5) is 28.4. The van der Waals surface area contributed by atoms with Crippen LogP contribution in [0.4, 0.5) is 5.69 Å². The van der Waals surface area contributed by atoms with Crippen molar-refractivity contribution in [2.24, 2.45) is 0 Å². The van der Waals surface area contributed by atoms with Crippen LogP contribution in [0.3, 0.4) is 0 Å². The van der Waals surface area contributed by atoms with Gasteiger partial charge in [-0.15, -0.1) is 0 Å². The van der Waals surface area contributed by atoms with Crippen LogP contribution < -0.4 is 19.1 Å². The minimum absolute atomic E-state index is 0.00295. The summed E-state index contributed by atoms with van der Waals surface area (Å²) in [5.41, 5.74) is 0.893. The van der Waals surface area contributed by atoms with Gasteiger partial charge in [0.25, 0.3) is 10.0 Å². The summed E-state index contributed by atoms with van der Waals surface area (Å²) in [5.74, 6) is -0.310. The van der Waals surface area contributed by atoms with Crippen molar-refractivity contribution < 1.29 is 27.5 Å². The van der Waals surface area contributed by atoms with Gasteiger partial charge in [0, 0.05) is 23.1 Å². The number of rotatable bonds is 12. The zero-order valence-corrected chi connectivity index (χ0v) is 25.5. The lowest BCUT2D eigenvalue weighted by Gasteiger charge is -2.32. The molecule has 0 heterocycles. The van der Waals surface area contributed by atoms with E-state index >= 15 is 0 Å². The Labute approximate surface area is 244 Å². The molecule has 214 valence electrons. The van der Waals surface area contributed by atoms with E-state index in [1.807, 2.05) is 38.1 Å². The highest BCUT2D eigenvalue weighted by Gasteiger charge is 2.34. The van der Waals surface area contributed by atoms with Gasteiger partial charge < -0.3 is 19.7 Å². The third-order valence-electron chi connectivity index (χ3n) is 6.10. The predicted octanol–water partition coefficient (Wildman–Crippen LogP) is 4.60. The van der Waals surface area contributed by atoms with E-state index < -0.39 is 28.5 Å². The minimum Gasteiger partial charge on any atom is -0.497 e. The number of halogens is 1. The second kappa shape index (κ2) is 13.7. The number of ether oxygens (including phenoxy) is 2. The highest BCUT2D eigenvalue weighted by molar-refractivity contribution is 9.10. The van der Waals surface area contributed by atoms with Crippen LogP contribution in [-0.4, -0.2) is 58.0 Å². The lowest BCUT2D eigenvalue weighted by Crippen LogP contribution is -2.52. The Hall–Kier alpha value is -3.57. The summed E-state index contributed by atoms with van der Waals surface area (Å²) in [7, 11) is -1.37. The molecule has 0 fully saturated rings. The van der Waals surface area contributed by atoms with E-state index in [1.165, 1.54) is 37.3 Å². The smallest absolute Gasteiger partial charge is 0.264 e. The standard InChI is InChI=1S/C29H34BrN3O6S/c1-20(2)31-29(35)21(3)32(18-22-10-9-11-23(30)16-22)28(34)19-33(40(36,37)25-12-7-6-8-13-25)26-17-24(38-4)14-15-27(26)39-5/h6-17,20-21H,18-19H2,1-5H3,(H,31,35)/t21-/m0/s1. The number of benzene rings is 3.